The Morgan fingerprint density at radius 1 is 1.11 bits per heavy atom. The first-order valence-electron chi connectivity index (χ1n) is 7.64. The Labute approximate surface area is 150 Å². The highest BCUT2D eigenvalue weighted by Gasteiger charge is 2.29. The second-order valence-electron chi connectivity index (χ2n) is 5.54. The molecule has 0 unspecified atom stereocenters. The van der Waals surface area contributed by atoms with Crippen molar-refractivity contribution in [1.29, 1.82) is 5.53 Å². The number of carbonyl (C=O) groups is 1. The number of halogens is 3. The first-order valence-corrected chi connectivity index (χ1v) is 7.64. The van der Waals surface area contributed by atoms with Gasteiger partial charge in [0, 0.05) is 11.1 Å². The Bertz CT molecular complexity index is 1000. The molecule has 1 N–H and O–H groups in total. The van der Waals surface area contributed by atoms with Crippen molar-refractivity contribution >= 4 is 5.91 Å². The SMILES string of the molecule is N=[N+]=NC(=O)c1ccc(-c2ncn(Cc3ccc(C(F)(F)F)cc3)n2)cc1. The van der Waals surface area contributed by atoms with Crippen LogP contribution in [0.25, 0.3) is 11.4 Å². The Hall–Kier alpha value is -3.65. The van der Waals surface area contributed by atoms with Crippen LogP contribution in [0, 0.1) is 5.53 Å². The molecular weight excluding hydrogens is 361 g/mol. The molecule has 7 nitrogen and oxygen atoms in total. The zero-order valence-corrected chi connectivity index (χ0v) is 13.7. The van der Waals surface area contributed by atoms with Crippen molar-refractivity contribution in [2.75, 3.05) is 0 Å². The molecule has 3 aromatic rings. The number of nitrogens with zero attached hydrogens (tertiary/aromatic N) is 5. The summed E-state index contributed by atoms with van der Waals surface area (Å²) in [5.41, 5.74) is 7.44. The fourth-order valence-corrected chi connectivity index (χ4v) is 2.35. The maximum atomic E-state index is 12.6. The molecule has 10 heteroatoms. The van der Waals surface area contributed by atoms with Crippen molar-refractivity contribution in [3.8, 4) is 11.4 Å². The minimum Gasteiger partial charge on any atom is -0.259 e. The minimum atomic E-state index is -4.37. The summed E-state index contributed by atoms with van der Waals surface area (Å²) in [6.07, 6.45) is -2.89. The van der Waals surface area contributed by atoms with E-state index in [1.807, 2.05) is 0 Å². The molecule has 3 rings (SSSR count). The van der Waals surface area contributed by atoms with Gasteiger partial charge in [-0.25, -0.2) is 9.67 Å². The van der Waals surface area contributed by atoms with E-state index in [2.05, 4.69) is 20.1 Å². The van der Waals surface area contributed by atoms with Gasteiger partial charge in [-0.15, -0.1) is 0 Å². The first kappa shape index (κ1) is 18.2. The molecule has 0 bridgehead atoms. The molecule has 1 amide bonds. The van der Waals surface area contributed by atoms with Crippen molar-refractivity contribution in [2.45, 2.75) is 12.7 Å². The average molecular weight is 373 g/mol. The third-order valence-electron chi connectivity index (χ3n) is 3.69. The molecule has 0 saturated heterocycles. The molecule has 0 spiro atoms. The number of nitrogens with one attached hydrogen (secondary N) is 1. The quantitative estimate of drug-likeness (QED) is 0.558. The van der Waals surface area contributed by atoms with E-state index in [1.165, 1.54) is 35.3 Å². The van der Waals surface area contributed by atoms with Crippen LogP contribution in [-0.4, -0.2) is 20.7 Å². The van der Waals surface area contributed by atoms with Crippen LogP contribution < -0.4 is 4.91 Å². The average Bonchev–Trinajstić information content (AvgIpc) is 3.10. The van der Waals surface area contributed by atoms with Crippen molar-refractivity contribution < 1.29 is 18.0 Å². The number of rotatable bonds is 4. The number of aromatic nitrogens is 3. The van der Waals surface area contributed by atoms with Crippen LogP contribution in [0.3, 0.4) is 0 Å². The van der Waals surface area contributed by atoms with Gasteiger partial charge in [-0.05, 0) is 29.8 Å². The highest BCUT2D eigenvalue weighted by molar-refractivity contribution is 5.94. The van der Waals surface area contributed by atoms with E-state index in [0.717, 1.165) is 12.1 Å². The Morgan fingerprint density at radius 3 is 2.37 bits per heavy atom. The molecule has 0 atom stereocenters. The molecule has 0 radical (unpaired) electrons. The summed E-state index contributed by atoms with van der Waals surface area (Å²) in [6.45, 7) is 0.269. The monoisotopic (exact) mass is 373 g/mol. The molecule has 1 aromatic heterocycles. The second-order valence-corrected chi connectivity index (χ2v) is 5.54. The van der Waals surface area contributed by atoms with E-state index < -0.39 is 17.6 Å². The summed E-state index contributed by atoms with van der Waals surface area (Å²) in [7, 11) is 0. The van der Waals surface area contributed by atoms with Gasteiger partial charge in [-0.2, -0.15) is 18.3 Å². The van der Waals surface area contributed by atoms with Crippen LogP contribution in [-0.2, 0) is 12.7 Å². The summed E-state index contributed by atoms with van der Waals surface area (Å²) in [5, 5.41) is 7.40. The molecule has 0 fully saturated rings. The van der Waals surface area contributed by atoms with E-state index in [1.54, 1.807) is 12.1 Å². The normalized spacial score (nSPS) is 11.1. The lowest BCUT2D eigenvalue weighted by Crippen LogP contribution is -2.05. The van der Waals surface area contributed by atoms with Gasteiger partial charge in [0.15, 0.2) is 5.82 Å². The predicted octanol–water partition coefficient (Wildman–Crippen LogP) is 3.70. The number of alkyl halides is 3. The van der Waals surface area contributed by atoms with Gasteiger partial charge in [0.1, 0.15) is 11.9 Å². The zero-order valence-electron chi connectivity index (χ0n) is 13.7. The summed E-state index contributed by atoms with van der Waals surface area (Å²) in [5.74, 6) is -0.222. The molecule has 1 heterocycles. The molecular formula is C17H12F3N6O+. The molecule has 136 valence electrons. The van der Waals surface area contributed by atoms with Crippen LogP contribution in [0.5, 0.6) is 0 Å². The van der Waals surface area contributed by atoms with Gasteiger partial charge in [0.25, 0.3) is 0 Å². The molecule has 0 aliphatic carbocycles. The number of hydrogen-bond acceptors (Lipinski definition) is 4. The molecule has 27 heavy (non-hydrogen) atoms. The van der Waals surface area contributed by atoms with Gasteiger partial charge in [0.05, 0.1) is 12.1 Å². The highest BCUT2D eigenvalue weighted by Crippen LogP contribution is 2.29. The van der Waals surface area contributed by atoms with E-state index in [4.69, 9.17) is 5.53 Å². The Kier molecular flexibility index (Phi) is 4.91. The lowest BCUT2D eigenvalue weighted by molar-refractivity contribution is -0.137. The summed E-state index contributed by atoms with van der Waals surface area (Å²) < 4.78 is 39.3. The van der Waals surface area contributed by atoms with Crippen molar-refractivity contribution in [1.82, 2.24) is 19.7 Å². The number of hydrogen-bond donors (Lipinski definition) is 1. The van der Waals surface area contributed by atoms with Crippen molar-refractivity contribution in [3.05, 3.63) is 71.5 Å². The van der Waals surface area contributed by atoms with Gasteiger partial charge < -0.3 is 0 Å². The van der Waals surface area contributed by atoms with Crippen LogP contribution in [0.1, 0.15) is 21.5 Å². The van der Waals surface area contributed by atoms with E-state index in [0.29, 0.717) is 17.0 Å². The van der Waals surface area contributed by atoms with E-state index >= 15 is 0 Å². The highest BCUT2D eigenvalue weighted by atomic mass is 19.4. The largest absolute Gasteiger partial charge is 0.416 e. The lowest BCUT2D eigenvalue weighted by atomic mass is 10.1. The van der Waals surface area contributed by atoms with E-state index in [-0.39, 0.29) is 12.1 Å². The lowest BCUT2D eigenvalue weighted by Gasteiger charge is -2.07. The topological polar surface area (TPSA) is 98.1 Å². The van der Waals surface area contributed by atoms with Gasteiger partial charge in [-0.3, -0.25) is 4.79 Å². The summed E-state index contributed by atoms with van der Waals surface area (Å²) >= 11 is 0. The van der Waals surface area contributed by atoms with Crippen LogP contribution in [0.4, 0.5) is 13.2 Å². The van der Waals surface area contributed by atoms with Crippen LogP contribution in [0.2, 0.25) is 0 Å². The van der Waals surface area contributed by atoms with Crippen LogP contribution >= 0.6 is 0 Å². The third kappa shape index (κ3) is 4.31. The summed E-state index contributed by atoms with van der Waals surface area (Å²) in [4.78, 5) is 18.4. The standard InChI is InChI=1S/C17H12F3N6O/c18-17(19,20)14-7-1-11(2-8-14)9-26-10-22-15(24-26)12-3-5-13(6-4-12)16(27)23-25-21/h1-8,10,21H,9H2/q+1. The van der Waals surface area contributed by atoms with Crippen molar-refractivity contribution in [2.24, 2.45) is 5.11 Å². The van der Waals surface area contributed by atoms with Gasteiger partial charge >= 0.3 is 12.1 Å². The second kappa shape index (κ2) is 7.30. The third-order valence-corrected chi connectivity index (χ3v) is 3.69. The smallest absolute Gasteiger partial charge is 0.259 e. The number of benzene rings is 2. The molecule has 2 aromatic carbocycles. The fourth-order valence-electron chi connectivity index (χ4n) is 2.35. The Morgan fingerprint density at radius 2 is 1.78 bits per heavy atom. The van der Waals surface area contributed by atoms with Crippen molar-refractivity contribution in [3.63, 3.8) is 0 Å². The molecule has 0 aliphatic heterocycles. The maximum absolute atomic E-state index is 12.6. The Balaban J connectivity index is 1.73. The maximum Gasteiger partial charge on any atom is 0.416 e. The van der Waals surface area contributed by atoms with Crippen LogP contribution in [0.15, 0.2) is 60.0 Å². The van der Waals surface area contributed by atoms with Gasteiger partial charge in [0.2, 0.25) is 10.0 Å². The molecule has 0 saturated carbocycles. The minimum absolute atomic E-state index is 0.269. The number of amides is 1. The van der Waals surface area contributed by atoms with E-state index in [9.17, 15) is 18.0 Å². The fraction of sp³-hybridized carbons (Fsp3) is 0.118. The predicted molar refractivity (Wildman–Crippen MR) is 87.6 cm³/mol. The molecule has 0 aliphatic rings. The van der Waals surface area contributed by atoms with Gasteiger partial charge in [-0.1, -0.05) is 24.3 Å². The number of carbonyl (C=O) groups excluding carboxylic acids is 1. The first-order chi connectivity index (χ1) is 12.9. The zero-order chi connectivity index (χ0) is 19.4. The summed E-state index contributed by atoms with van der Waals surface area (Å²) in [6, 6.07) is 11.1.